The van der Waals surface area contributed by atoms with Crippen LogP contribution in [0.15, 0.2) is 94.0 Å². The molecule has 0 aliphatic carbocycles. The first-order valence-electron chi connectivity index (χ1n) is 22.4. The van der Waals surface area contributed by atoms with Crippen molar-refractivity contribution in [3.63, 3.8) is 0 Å². The summed E-state index contributed by atoms with van der Waals surface area (Å²) < 4.78 is 52.8. The van der Waals surface area contributed by atoms with E-state index in [-0.39, 0.29) is 39.6 Å². The van der Waals surface area contributed by atoms with Crippen molar-refractivity contribution in [1.82, 2.24) is 39.0 Å². The van der Waals surface area contributed by atoms with E-state index in [9.17, 15) is 47.4 Å². The second-order valence-electron chi connectivity index (χ2n) is 18.8. The van der Waals surface area contributed by atoms with Gasteiger partial charge in [0.2, 0.25) is 5.60 Å². The topological polar surface area (TPSA) is 323 Å². The van der Waals surface area contributed by atoms with Crippen LogP contribution in [0.5, 0.6) is 0 Å². The number of imide groups is 1. The third kappa shape index (κ3) is 14.6. The number of carbonyl (C=O) groups excluding carboxylic acids is 5. The zero-order valence-electron chi connectivity index (χ0n) is 41.0. The Hall–Kier alpha value is -7.46. The quantitative estimate of drug-likeness (QED) is 0.0340. The van der Waals surface area contributed by atoms with E-state index in [2.05, 4.69) is 31.2 Å². The molecule has 2 aromatic heterocycles. The number of oxime groups is 1. The molecule has 0 radical (unpaired) electrons. The number of amides is 5. The van der Waals surface area contributed by atoms with Gasteiger partial charge >= 0.3 is 34.0 Å². The van der Waals surface area contributed by atoms with Gasteiger partial charge in [0.25, 0.3) is 11.8 Å². The van der Waals surface area contributed by atoms with Gasteiger partial charge in [0.15, 0.2) is 16.7 Å². The predicted molar refractivity (Wildman–Crippen MR) is 261 cm³/mol. The number of hydrogen-bond acceptors (Lipinski definition) is 20. The molecule has 2 aromatic carbocycles. The van der Waals surface area contributed by atoms with Gasteiger partial charge in [-0.15, -0.1) is 16.4 Å². The van der Waals surface area contributed by atoms with E-state index in [4.69, 9.17) is 23.8 Å². The fourth-order valence-corrected chi connectivity index (χ4v) is 7.95. The lowest BCUT2D eigenvalue weighted by atomic mass is 10.1. The molecule has 2 aliphatic heterocycles. The number of carbonyl (C=O) groups is 5. The number of rotatable bonds is 19. The van der Waals surface area contributed by atoms with E-state index >= 15 is 0 Å². The summed E-state index contributed by atoms with van der Waals surface area (Å²) in [5.74, 6) is -3.10. The van der Waals surface area contributed by atoms with Crippen LogP contribution in [0.1, 0.15) is 78.0 Å². The lowest BCUT2D eigenvalue weighted by molar-refractivity contribution is -0.179. The lowest BCUT2D eigenvalue weighted by Gasteiger charge is -2.36. The second-order valence-corrected chi connectivity index (χ2v) is 21.1. The zero-order chi connectivity index (χ0) is 53.5. The number of esters is 1. The number of ether oxygens (including phenoxy) is 4. The summed E-state index contributed by atoms with van der Waals surface area (Å²) in [5.41, 5.74) is -4.00. The number of aromatic nitrogens is 4. The first kappa shape index (κ1) is 54.9. The van der Waals surface area contributed by atoms with Crippen LogP contribution in [0.3, 0.4) is 0 Å². The summed E-state index contributed by atoms with van der Waals surface area (Å²) in [6.07, 6.45) is -0.471. The third-order valence-corrected chi connectivity index (χ3v) is 11.8. The van der Waals surface area contributed by atoms with Crippen molar-refractivity contribution in [3.8, 4) is 0 Å². The van der Waals surface area contributed by atoms with E-state index in [1.807, 2.05) is 60.7 Å². The Morgan fingerprint density at radius 1 is 0.932 bits per heavy atom. The Morgan fingerprint density at radius 3 is 2.16 bits per heavy atom. The molecular formula is C46H56N10O15S2. The lowest BCUT2D eigenvalue weighted by Crippen LogP contribution is -2.68. The van der Waals surface area contributed by atoms with Gasteiger partial charge in [-0.25, -0.2) is 28.9 Å². The molecule has 0 bridgehead atoms. The summed E-state index contributed by atoms with van der Waals surface area (Å²) in [4.78, 5) is 89.9. The number of nitrogens with one attached hydrogen (secondary N) is 4. The molecule has 0 spiro atoms. The van der Waals surface area contributed by atoms with Crippen LogP contribution in [-0.4, -0.2) is 126 Å². The smallest absolute Gasteiger partial charge is 0.413 e. The van der Waals surface area contributed by atoms with E-state index in [1.54, 1.807) is 46.3 Å². The van der Waals surface area contributed by atoms with Crippen LogP contribution >= 0.6 is 11.3 Å². The van der Waals surface area contributed by atoms with Crippen LogP contribution in [-0.2, 0) is 68.1 Å². The molecule has 1 fully saturated rings. The van der Waals surface area contributed by atoms with Crippen molar-refractivity contribution in [2.45, 2.75) is 110 Å². The summed E-state index contributed by atoms with van der Waals surface area (Å²) in [5, 5.41) is 37.0. The van der Waals surface area contributed by atoms with Crippen molar-refractivity contribution < 1.29 is 66.4 Å². The number of aliphatic hydroxyl groups is 2. The van der Waals surface area contributed by atoms with Crippen molar-refractivity contribution >= 4 is 68.0 Å². The Morgan fingerprint density at radius 2 is 1.56 bits per heavy atom. The summed E-state index contributed by atoms with van der Waals surface area (Å²) in [7, 11) is -5.27. The number of aliphatic hydroxyl groups excluding tert-OH is 2. The zero-order valence-corrected chi connectivity index (χ0v) is 42.6. The Balaban J connectivity index is 1.19. The molecule has 5 amide bonds. The molecular weight excluding hydrogens is 997 g/mol. The largest absolute Gasteiger partial charge is 0.489 e. The number of benzene rings is 2. The Labute approximate surface area is 423 Å². The van der Waals surface area contributed by atoms with Gasteiger partial charge in [0, 0.05) is 11.6 Å². The van der Waals surface area contributed by atoms with Gasteiger partial charge < -0.3 is 44.6 Å². The Bertz CT molecular complexity index is 2960. The van der Waals surface area contributed by atoms with Gasteiger partial charge in [0.05, 0.1) is 38.1 Å². The van der Waals surface area contributed by atoms with Crippen molar-refractivity contribution in [3.05, 3.63) is 117 Å². The molecule has 2 aliphatic rings. The van der Waals surface area contributed by atoms with Crippen LogP contribution in [0, 0.1) is 0 Å². The number of thiazole rings is 1. The van der Waals surface area contributed by atoms with Gasteiger partial charge in [-0.3, -0.25) is 24.4 Å². The molecule has 0 saturated carbocycles. The molecule has 25 nitrogen and oxygen atoms in total. The number of hydrogen-bond donors (Lipinski definition) is 6. The SMILES string of the molecule is CC(C)(C)OC(=O)Nc1nc(/C(=N/OC(C)(C)C(=O)OC(C)(C)C)C(=O)N[C@H]2CN(C(=O)NS(=O)(=O)n3nc(C4=CC(OCc5ccccc5)C(OCc5ccccc5)=CN4)n(C[C@H](O)CO)c3=O)C2=O)cs1. The fourth-order valence-electron chi connectivity index (χ4n) is 6.36. The van der Waals surface area contributed by atoms with Crippen LogP contribution in [0.2, 0.25) is 0 Å². The average molecular weight is 1050 g/mol. The maximum Gasteiger partial charge on any atom is 0.413 e. The molecule has 392 valence electrons. The maximum atomic E-state index is 13.8. The van der Waals surface area contributed by atoms with E-state index in [0.717, 1.165) is 27.0 Å². The van der Waals surface area contributed by atoms with Crippen LogP contribution < -0.4 is 26.4 Å². The van der Waals surface area contributed by atoms with E-state index in [1.165, 1.54) is 31.5 Å². The van der Waals surface area contributed by atoms with E-state index in [0.29, 0.717) is 10.7 Å². The average Bonchev–Trinajstić information content (AvgIpc) is 3.91. The molecule has 6 rings (SSSR count). The highest BCUT2D eigenvalue weighted by molar-refractivity contribution is 7.88. The highest BCUT2D eigenvalue weighted by atomic mass is 32.2. The molecule has 4 heterocycles. The van der Waals surface area contributed by atoms with Gasteiger partial charge in [-0.1, -0.05) is 69.9 Å². The number of likely N-dealkylation sites (tertiary alicyclic amines) is 1. The normalized spacial score (nSPS) is 16.7. The minimum Gasteiger partial charge on any atom is -0.489 e. The molecule has 4 aromatic rings. The van der Waals surface area contributed by atoms with Crippen molar-refractivity contribution in [2.24, 2.45) is 5.16 Å². The number of nitrogens with zero attached hydrogens (tertiary/aromatic N) is 6. The van der Waals surface area contributed by atoms with Gasteiger partial charge in [-0.2, -0.15) is 8.42 Å². The molecule has 27 heteroatoms. The fraction of sp³-hybridized carbons (Fsp3) is 0.413. The molecule has 1 unspecified atom stereocenters. The third-order valence-electron chi connectivity index (χ3n) is 9.92. The number of β-lactam (4-membered cyclic amide) rings is 1. The van der Waals surface area contributed by atoms with Crippen molar-refractivity contribution in [2.75, 3.05) is 18.5 Å². The minimum atomic E-state index is -5.27. The molecule has 3 atom stereocenters. The molecule has 1 saturated heterocycles. The first-order valence-corrected chi connectivity index (χ1v) is 24.7. The number of urea groups is 1. The standard InChI is InChI=1S/C46H56N10O15S2/c1-44(2,3)69-39(61)46(7,8)71-52-35(32-26-72-40(49-32)50-42(63)70-45(4,5)6)37(59)48-31-22-55(38(31)60)41(62)53-73(65,66)56-43(64)54(21-29(58)23-57)36(51-56)30-19-33(67-24-27-15-11-9-12-16-27)34(20-47-30)68-25-28-17-13-10-14-18-28/h9-20,26,29,31,33,47,57-58H,21-25H2,1-8H3,(H,48,59)(H,53,62)(H,49,50,63)/b52-35-/t29-,31-,33?/m0/s1. The molecule has 73 heavy (non-hydrogen) atoms. The highest BCUT2D eigenvalue weighted by Crippen LogP contribution is 2.25. The summed E-state index contributed by atoms with van der Waals surface area (Å²) in [6.45, 7) is 10.7. The number of dihydropyridines is 1. The van der Waals surface area contributed by atoms with Gasteiger partial charge in [0.1, 0.15) is 41.4 Å². The highest BCUT2D eigenvalue weighted by Gasteiger charge is 2.45. The van der Waals surface area contributed by atoms with E-state index < -0.39 is 106 Å². The summed E-state index contributed by atoms with van der Waals surface area (Å²) in [6, 6.07) is 15.5. The molecule has 6 N–H and O–H groups in total. The second kappa shape index (κ2) is 22.5. The van der Waals surface area contributed by atoms with Crippen molar-refractivity contribution in [1.29, 1.82) is 0 Å². The first-order chi connectivity index (χ1) is 34.2. The minimum absolute atomic E-state index is 0.0130. The summed E-state index contributed by atoms with van der Waals surface area (Å²) >= 11 is 0.871. The van der Waals surface area contributed by atoms with Gasteiger partial charge in [-0.05, 0) is 72.6 Å². The monoisotopic (exact) mass is 1050 g/mol. The maximum absolute atomic E-state index is 13.8. The predicted octanol–water partition coefficient (Wildman–Crippen LogP) is 2.46. The number of anilines is 1. The van der Waals surface area contributed by atoms with Crippen LogP contribution in [0.25, 0.3) is 5.70 Å². The Kier molecular flexibility index (Phi) is 16.9. The van der Waals surface area contributed by atoms with Crippen LogP contribution in [0.4, 0.5) is 14.7 Å².